The van der Waals surface area contributed by atoms with Crippen molar-refractivity contribution in [1.29, 1.82) is 10.5 Å². The lowest BCUT2D eigenvalue weighted by Crippen LogP contribution is -2.02. The molecule has 0 atom stereocenters. The van der Waals surface area contributed by atoms with Gasteiger partial charge in [0.1, 0.15) is 0 Å². The van der Waals surface area contributed by atoms with Gasteiger partial charge in [-0.2, -0.15) is 10.5 Å². The predicted molar refractivity (Wildman–Crippen MR) is 185 cm³/mol. The summed E-state index contributed by atoms with van der Waals surface area (Å²) in [6.45, 7) is 0. The number of nitrogens with zero attached hydrogens (tertiary/aromatic N) is 6. The number of rotatable bonds is 5. The topological polar surface area (TPSA) is 91.2 Å². The second-order valence-electron chi connectivity index (χ2n) is 11.1. The summed E-state index contributed by atoms with van der Waals surface area (Å²) < 4.78 is 2.17. The number of hydrogen-bond donors (Lipinski definition) is 0. The Morgan fingerprint density at radius 1 is 0.447 bits per heavy atom. The van der Waals surface area contributed by atoms with Crippen LogP contribution in [0.3, 0.4) is 0 Å². The molecule has 0 aliphatic rings. The molecule has 8 rings (SSSR count). The SMILES string of the molecule is N#Cc1ccc2c3ccccc3n(-c3ccc(-c4nc(-c5ccccc5)nc(-c5ccccc5)n4)c(-c4ccccc4C#N)c3)c2c1. The van der Waals surface area contributed by atoms with Crippen LogP contribution in [0.5, 0.6) is 0 Å². The lowest BCUT2D eigenvalue weighted by molar-refractivity contribution is 1.07. The van der Waals surface area contributed by atoms with E-state index >= 15 is 0 Å². The van der Waals surface area contributed by atoms with Crippen LogP contribution in [0.2, 0.25) is 0 Å². The second-order valence-corrected chi connectivity index (χ2v) is 11.1. The largest absolute Gasteiger partial charge is 0.309 e. The van der Waals surface area contributed by atoms with E-state index in [1.165, 1.54) is 0 Å². The molecular weight excluding hydrogens is 576 g/mol. The molecule has 218 valence electrons. The first kappa shape index (κ1) is 27.6. The molecule has 8 aromatic rings. The zero-order chi connectivity index (χ0) is 31.7. The number of para-hydroxylation sites is 1. The van der Waals surface area contributed by atoms with Gasteiger partial charge in [-0.25, -0.2) is 15.0 Å². The first-order valence-electron chi connectivity index (χ1n) is 15.2. The Bertz CT molecular complexity index is 2480. The van der Waals surface area contributed by atoms with Crippen LogP contribution in [0.4, 0.5) is 0 Å². The van der Waals surface area contributed by atoms with E-state index in [0.29, 0.717) is 28.6 Å². The van der Waals surface area contributed by atoms with E-state index in [4.69, 9.17) is 15.0 Å². The van der Waals surface area contributed by atoms with Crippen LogP contribution in [0.25, 0.3) is 72.8 Å². The highest BCUT2D eigenvalue weighted by Gasteiger charge is 2.20. The Morgan fingerprint density at radius 2 is 1.06 bits per heavy atom. The van der Waals surface area contributed by atoms with E-state index in [-0.39, 0.29) is 0 Å². The standard InChI is InChI=1S/C41H24N6/c42-25-27-19-21-34-33-17-9-10-18-37(33)47(38(34)23-27)31-20-22-35(36(24-31)32-16-8-7-15-30(32)26-43)41-45-39(28-11-3-1-4-12-28)44-40(46-41)29-13-5-2-6-14-29/h1-24H. The van der Waals surface area contributed by atoms with E-state index < -0.39 is 0 Å². The fourth-order valence-corrected chi connectivity index (χ4v) is 6.15. The number of aromatic nitrogens is 4. The normalized spacial score (nSPS) is 10.9. The highest BCUT2D eigenvalue weighted by atomic mass is 15.0. The molecule has 2 aromatic heterocycles. The fraction of sp³-hybridized carbons (Fsp3) is 0. The van der Waals surface area contributed by atoms with Gasteiger partial charge in [0.05, 0.1) is 34.3 Å². The van der Waals surface area contributed by atoms with E-state index in [0.717, 1.165) is 55.3 Å². The molecule has 47 heavy (non-hydrogen) atoms. The van der Waals surface area contributed by atoms with Crippen molar-refractivity contribution >= 4 is 21.8 Å². The van der Waals surface area contributed by atoms with Crippen LogP contribution in [0.1, 0.15) is 11.1 Å². The molecule has 0 N–H and O–H groups in total. The predicted octanol–water partition coefficient (Wildman–Crippen LogP) is 9.38. The number of fused-ring (bicyclic) bond motifs is 3. The van der Waals surface area contributed by atoms with Crippen molar-refractivity contribution < 1.29 is 0 Å². The van der Waals surface area contributed by atoms with Gasteiger partial charge in [0.15, 0.2) is 17.5 Å². The lowest BCUT2D eigenvalue weighted by Gasteiger charge is -2.16. The van der Waals surface area contributed by atoms with Gasteiger partial charge in [-0.15, -0.1) is 0 Å². The third-order valence-corrected chi connectivity index (χ3v) is 8.34. The Balaban J connectivity index is 1.43. The minimum Gasteiger partial charge on any atom is -0.309 e. The van der Waals surface area contributed by atoms with Gasteiger partial charge < -0.3 is 4.57 Å². The Kier molecular flexibility index (Phi) is 6.80. The molecule has 0 unspecified atom stereocenters. The van der Waals surface area contributed by atoms with Crippen LogP contribution < -0.4 is 0 Å². The molecule has 0 fully saturated rings. The minimum atomic E-state index is 0.501. The van der Waals surface area contributed by atoms with Gasteiger partial charge >= 0.3 is 0 Å². The average molecular weight is 601 g/mol. The fourth-order valence-electron chi connectivity index (χ4n) is 6.15. The molecule has 0 radical (unpaired) electrons. The molecule has 0 bridgehead atoms. The van der Waals surface area contributed by atoms with Crippen molar-refractivity contribution in [2.24, 2.45) is 0 Å². The van der Waals surface area contributed by atoms with Crippen LogP contribution >= 0.6 is 0 Å². The summed E-state index contributed by atoms with van der Waals surface area (Å²) >= 11 is 0. The van der Waals surface area contributed by atoms with Gasteiger partial charge in [0, 0.05) is 38.7 Å². The highest BCUT2D eigenvalue weighted by molar-refractivity contribution is 6.09. The first-order valence-corrected chi connectivity index (χ1v) is 15.2. The number of benzene rings is 6. The molecule has 0 saturated carbocycles. The Hall–Kier alpha value is -6.89. The van der Waals surface area contributed by atoms with Crippen molar-refractivity contribution in [3.63, 3.8) is 0 Å². The summed E-state index contributed by atoms with van der Waals surface area (Å²) in [6.07, 6.45) is 0. The molecule has 6 heteroatoms. The summed E-state index contributed by atoms with van der Waals surface area (Å²) in [7, 11) is 0. The summed E-state index contributed by atoms with van der Waals surface area (Å²) in [6, 6.07) is 52.2. The molecule has 6 aromatic carbocycles. The molecule has 0 spiro atoms. The molecule has 0 amide bonds. The van der Waals surface area contributed by atoms with Crippen molar-refractivity contribution in [2.75, 3.05) is 0 Å². The van der Waals surface area contributed by atoms with E-state index in [2.05, 4.69) is 34.9 Å². The first-order chi connectivity index (χ1) is 23.2. The second kappa shape index (κ2) is 11.6. The zero-order valence-electron chi connectivity index (χ0n) is 25.0. The molecule has 6 nitrogen and oxygen atoms in total. The van der Waals surface area contributed by atoms with Crippen LogP contribution in [0, 0.1) is 22.7 Å². The summed E-state index contributed by atoms with van der Waals surface area (Å²) in [5.41, 5.74) is 8.06. The Labute approximate surface area is 271 Å². The summed E-state index contributed by atoms with van der Waals surface area (Å²) in [5.74, 6) is 1.62. The maximum absolute atomic E-state index is 10.2. The van der Waals surface area contributed by atoms with E-state index in [1.807, 2.05) is 127 Å². The average Bonchev–Trinajstić information content (AvgIpc) is 3.48. The molecule has 2 heterocycles. The molecule has 0 saturated heterocycles. The van der Waals surface area contributed by atoms with Gasteiger partial charge in [0.2, 0.25) is 0 Å². The highest BCUT2D eigenvalue weighted by Crippen LogP contribution is 2.38. The van der Waals surface area contributed by atoms with Gasteiger partial charge in [0.25, 0.3) is 0 Å². The lowest BCUT2D eigenvalue weighted by atomic mass is 9.94. The molecule has 0 aliphatic carbocycles. The number of hydrogen-bond acceptors (Lipinski definition) is 5. The summed E-state index contributed by atoms with van der Waals surface area (Å²) in [5, 5.41) is 22.1. The zero-order valence-corrected chi connectivity index (χ0v) is 25.0. The van der Waals surface area contributed by atoms with Crippen molar-refractivity contribution in [3.05, 3.63) is 157 Å². The maximum atomic E-state index is 10.2. The Morgan fingerprint density at radius 3 is 1.77 bits per heavy atom. The maximum Gasteiger partial charge on any atom is 0.164 e. The smallest absolute Gasteiger partial charge is 0.164 e. The third-order valence-electron chi connectivity index (χ3n) is 8.34. The van der Waals surface area contributed by atoms with Crippen molar-refractivity contribution in [1.82, 2.24) is 19.5 Å². The van der Waals surface area contributed by atoms with Crippen LogP contribution in [-0.4, -0.2) is 19.5 Å². The number of nitriles is 2. The third kappa shape index (κ3) is 4.88. The van der Waals surface area contributed by atoms with Gasteiger partial charge in [-0.3, -0.25) is 0 Å². The summed E-state index contributed by atoms with van der Waals surface area (Å²) in [4.78, 5) is 14.9. The quantitative estimate of drug-likeness (QED) is 0.196. The molecular formula is C41H24N6. The van der Waals surface area contributed by atoms with Gasteiger partial charge in [-0.05, 0) is 48.0 Å². The van der Waals surface area contributed by atoms with Crippen LogP contribution in [-0.2, 0) is 0 Å². The van der Waals surface area contributed by atoms with E-state index in [9.17, 15) is 10.5 Å². The van der Waals surface area contributed by atoms with Crippen molar-refractivity contribution in [3.8, 4) is 63.1 Å². The van der Waals surface area contributed by atoms with Crippen LogP contribution in [0.15, 0.2) is 146 Å². The molecule has 0 aliphatic heterocycles. The van der Waals surface area contributed by atoms with Crippen molar-refractivity contribution in [2.45, 2.75) is 0 Å². The van der Waals surface area contributed by atoms with Gasteiger partial charge in [-0.1, -0.05) is 103 Å². The minimum absolute atomic E-state index is 0.501. The van der Waals surface area contributed by atoms with E-state index in [1.54, 1.807) is 0 Å². The monoisotopic (exact) mass is 600 g/mol.